The van der Waals surface area contributed by atoms with Gasteiger partial charge < -0.3 is 13.7 Å². The van der Waals surface area contributed by atoms with Crippen LogP contribution >= 0.6 is 0 Å². The van der Waals surface area contributed by atoms with Crippen molar-refractivity contribution < 1.29 is 13.9 Å². The van der Waals surface area contributed by atoms with Gasteiger partial charge in [0.05, 0.1) is 24.7 Å². The van der Waals surface area contributed by atoms with Gasteiger partial charge in [0.1, 0.15) is 11.6 Å². The second kappa shape index (κ2) is 4.85. The molecule has 0 aliphatic carbocycles. The molecular formula is C15H14N2O3. The van der Waals surface area contributed by atoms with Crippen molar-refractivity contribution in [3.05, 3.63) is 53.7 Å². The predicted octanol–water partition coefficient (Wildman–Crippen LogP) is 2.77. The molecule has 0 fully saturated rings. The second-order valence-electron chi connectivity index (χ2n) is 4.49. The van der Waals surface area contributed by atoms with E-state index in [-0.39, 0.29) is 5.76 Å². The summed E-state index contributed by atoms with van der Waals surface area (Å²) < 4.78 is 12.2. The van der Waals surface area contributed by atoms with Crippen LogP contribution in [-0.2, 0) is 11.3 Å². The van der Waals surface area contributed by atoms with Crippen LogP contribution in [0.25, 0.3) is 11.0 Å². The van der Waals surface area contributed by atoms with E-state index in [1.165, 1.54) is 7.11 Å². The molecule has 0 saturated carbocycles. The van der Waals surface area contributed by atoms with Crippen LogP contribution in [0.3, 0.4) is 0 Å². The summed E-state index contributed by atoms with van der Waals surface area (Å²) in [5.74, 6) is 1.34. The molecule has 0 atom stereocenters. The molecule has 0 saturated heterocycles. The average molecular weight is 270 g/mol. The van der Waals surface area contributed by atoms with Crippen LogP contribution in [0.2, 0.25) is 0 Å². The predicted molar refractivity (Wildman–Crippen MR) is 73.6 cm³/mol. The van der Waals surface area contributed by atoms with Crippen LogP contribution in [0.4, 0.5) is 0 Å². The number of carbonyl (C=O) groups excluding carboxylic acids is 1. The van der Waals surface area contributed by atoms with Gasteiger partial charge in [-0.05, 0) is 31.2 Å². The average Bonchev–Trinajstić information content (AvgIpc) is 3.04. The van der Waals surface area contributed by atoms with Crippen molar-refractivity contribution >= 4 is 17.0 Å². The maximum atomic E-state index is 11.4. The quantitative estimate of drug-likeness (QED) is 0.687. The third-order valence-corrected chi connectivity index (χ3v) is 3.21. The summed E-state index contributed by atoms with van der Waals surface area (Å²) >= 11 is 0. The van der Waals surface area contributed by atoms with Crippen molar-refractivity contribution in [3.8, 4) is 0 Å². The van der Waals surface area contributed by atoms with Gasteiger partial charge in [-0.15, -0.1) is 0 Å². The molecule has 20 heavy (non-hydrogen) atoms. The number of hydrogen-bond donors (Lipinski definition) is 0. The number of furan rings is 1. The van der Waals surface area contributed by atoms with Crippen LogP contribution in [-0.4, -0.2) is 22.6 Å². The lowest BCUT2D eigenvalue weighted by Crippen LogP contribution is -2.01. The van der Waals surface area contributed by atoms with Gasteiger partial charge in [0.25, 0.3) is 0 Å². The zero-order valence-corrected chi connectivity index (χ0v) is 11.3. The molecule has 2 aromatic heterocycles. The fraction of sp³-hybridized carbons (Fsp3) is 0.200. The molecule has 0 N–H and O–H groups in total. The number of para-hydroxylation sites is 2. The molecular weight excluding hydrogens is 256 g/mol. The summed E-state index contributed by atoms with van der Waals surface area (Å²) in [6.07, 6.45) is 0. The van der Waals surface area contributed by atoms with Gasteiger partial charge in [-0.2, -0.15) is 0 Å². The molecule has 2 heterocycles. The Morgan fingerprint density at radius 2 is 2.10 bits per heavy atom. The number of hydrogen-bond acceptors (Lipinski definition) is 4. The lowest BCUT2D eigenvalue weighted by molar-refractivity contribution is 0.0563. The first-order valence-electron chi connectivity index (χ1n) is 6.28. The number of methoxy groups -OCH3 is 1. The van der Waals surface area contributed by atoms with Crippen molar-refractivity contribution in [1.29, 1.82) is 0 Å². The van der Waals surface area contributed by atoms with E-state index < -0.39 is 5.97 Å². The number of esters is 1. The van der Waals surface area contributed by atoms with E-state index in [1.807, 2.05) is 31.2 Å². The molecule has 3 rings (SSSR count). The van der Waals surface area contributed by atoms with Crippen LogP contribution in [0.15, 0.2) is 40.8 Å². The molecule has 0 bridgehead atoms. The molecule has 5 nitrogen and oxygen atoms in total. The van der Waals surface area contributed by atoms with Crippen molar-refractivity contribution in [3.63, 3.8) is 0 Å². The Kier molecular flexibility index (Phi) is 3.02. The SMILES string of the molecule is COC(=O)c1ccc(Cn2c(C)nc3ccccc32)o1. The zero-order chi connectivity index (χ0) is 14.1. The fourth-order valence-electron chi connectivity index (χ4n) is 2.22. The summed E-state index contributed by atoms with van der Waals surface area (Å²) in [5.41, 5.74) is 1.99. The maximum Gasteiger partial charge on any atom is 0.373 e. The Hall–Kier alpha value is -2.56. The van der Waals surface area contributed by atoms with Crippen LogP contribution in [0, 0.1) is 6.92 Å². The summed E-state index contributed by atoms with van der Waals surface area (Å²) in [4.78, 5) is 15.9. The number of nitrogens with zero attached hydrogens (tertiary/aromatic N) is 2. The van der Waals surface area contributed by atoms with E-state index in [9.17, 15) is 4.79 Å². The summed E-state index contributed by atoms with van der Waals surface area (Å²) in [5, 5.41) is 0. The molecule has 102 valence electrons. The number of imidazole rings is 1. The van der Waals surface area contributed by atoms with E-state index in [0.717, 1.165) is 16.9 Å². The van der Waals surface area contributed by atoms with Gasteiger partial charge in [-0.1, -0.05) is 12.1 Å². The first kappa shape index (κ1) is 12.5. The molecule has 3 aromatic rings. The van der Waals surface area contributed by atoms with E-state index >= 15 is 0 Å². The smallest absolute Gasteiger partial charge is 0.373 e. The molecule has 0 unspecified atom stereocenters. The fourth-order valence-corrected chi connectivity index (χ4v) is 2.22. The lowest BCUT2D eigenvalue weighted by Gasteiger charge is -2.04. The minimum absolute atomic E-state index is 0.213. The van der Waals surface area contributed by atoms with Gasteiger partial charge in [0, 0.05) is 0 Å². The Bertz CT molecular complexity index is 770. The molecule has 1 aromatic carbocycles. The highest BCUT2D eigenvalue weighted by atomic mass is 16.5. The van der Waals surface area contributed by atoms with Crippen LogP contribution in [0.5, 0.6) is 0 Å². The Morgan fingerprint density at radius 3 is 2.90 bits per heavy atom. The monoisotopic (exact) mass is 270 g/mol. The summed E-state index contributed by atoms with van der Waals surface area (Å²) in [6, 6.07) is 11.3. The third-order valence-electron chi connectivity index (χ3n) is 3.21. The van der Waals surface area contributed by atoms with E-state index in [1.54, 1.807) is 12.1 Å². The maximum absolute atomic E-state index is 11.4. The number of aryl methyl sites for hydroxylation is 1. The number of fused-ring (bicyclic) bond motifs is 1. The number of benzene rings is 1. The van der Waals surface area contributed by atoms with E-state index in [2.05, 4.69) is 14.3 Å². The molecule has 0 spiro atoms. The molecule has 0 aliphatic rings. The summed E-state index contributed by atoms with van der Waals surface area (Å²) in [6.45, 7) is 2.48. The first-order valence-corrected chi connectivity index (χ1v) is 6.28. The third kappa shape index (κ3) is 2.07. The molecule has 5 heteroatoms. The number of ether oxygens (including phenoxy) is 1. The zero-order valence-electron chi connectivity index (χ0n) is 11.3. The number of rotatable bonds is 3. The standard InChI is InChI=1S/C15H14N2O3/c1-10-16-12-5-3-4-6-13(12)17(10)9-11-7-8-14(20-11)15(18)19-2/h3-8H,9H2,1-2H3. The van der Waals surface area contributed by atoms with Gasteiger partial charge in [0.15, 0.2) is 0 Å². The highest BCUT2D eigenvalue weighted by molar-refractivity contribution is 5.86. The van der Waals surface area contributed by atoms with Crippen LogP contribution < -0.4 is 0 Å². The molecule has 0 radical (unpaired) electrons. The van der Waals surface area contributed by atoms with Crippen molar-refractivity contribution in [2.45, 2.75) is 13.5 Å². The van der Waals surface area contributed by atoms with E-state index in [4.69, 9.17) is 4.42 Å². The van der Waals surface area contributed by atoms with Crippen molar-refractivity contribution in [1.82, 2.24) is 9.55 Å². The highest BCUT2D eigenvalue weighted by Gasteiger charge is 2.13. The number of aromatic nitrogens is 2. The van der Waals surface area contributed by atoms with E-state index in [0.29, 0.717) is 12.3 Å². The molecule has 0 amide bonds. The minimum atomic E-state index is -0.469. The van der Waals surface area contributed by atoms with Gasteiger partial charge in [-0.25, -0.2) is 9.78 Å². The highest BCUT2D eigenvalue weighted by Crippen LogP contribution is 2.18. The normalized spacial score (nSPS) is 10.9. The Balaban J connectivity index is 1.95. The topological polar surface area (TPSA) is 57.3 Å². The van der Waals surface area contributed by atoms with Crippen molar-refractivity contribution in [2.75, 3.05) is 7.11 Å². The first-order chi connectivity index (χ1) is 9.69. The minimum Gasteiger partial charge on any atom is -0.463 e. The van der Waals surface area contributed by atoms with Crippen LogP contribution in [0.1, 0.15) is 22.1 Å². The summed E-state index contributed by atoms with van der Waals surface area (Å²) in [7, 11) is 1.33. The second-order valence-corrected chi connectivity index (χ2v) is 4.49. The lowest BCUT2D eigenvalue weighted by atomic mass is 10.3. The Morgan fingerprint density at radius 1 is 1.30 bits per heavy atom. The van der Waals surface area contributed by atoms with Crippen molar-refractivity contribution in [2.24, 2.45) is 0 Å². The van der Waals surface area contributed by atoms with Gasteiger partial charge in [0.2, 0.25) is 5.76 Å². The van der Waals surface area contributed by atoms with Gasteiger partial charge in [-0.3, -0.25) is 0 Å². The van der Waals surface area contributed by atoms with Gasteiger partial charge >= 0.3 is 5.97 Å². The largest absolute Gasteiger partial charge is 0.463 e. The Labute approximate surface area is 115 Å². The number of carbonyl (C=O) groups is 1. The molecule has 0 aliphatic heterocycles.